The normalized spacial score (nSPS) is 32.5. The van der Waals surface area contributed by atoms with Crippen LogP contribution in [0.2, 0.25) is 0 Å². The number of nitrogens with zero attached hydrogens (tertiary/aromatic N) is 3. The number of aliphatic carboxylic acids is 1. The first-order valence-electron chi connectivity index (χ1n) is 12.0. The van der Waals surface area contributed by atoms with Gasteiger partial charge >= 0.3 is 12.1 Å². The summed E-state index contributed by atoms with van der Waals surface area (Å²) in [7, 11) is 0. The molecule has 1 aliphatic heterocycles. The third-order valence-corrected chi connectivity index (χ3v) is 8.27. The number of benzene rings is 1. The van der Waals surface area contributed by atoms with Gasteiger partial charge in [-0.05, 0) is 74.2 Å². The average Bonchev–Trinajstić information content (AvgIpc) is 3.03. The molecule has 0 saturated heterocycles. The van der Waals surface area contributed by atoms with Gasteiger partial charge in [0, 0.05) is 18.4 Å². The average molecular weight is 462 g/mol. The molecular formula is C25H30F3N3O2. The molecule has 178 valence electrons. The molecule has 5 aliphatic rings. The number of carboxylic acid groups (broad SMARTS) is 1. The summed E-state index contributed by atoms with van der Waals surface area (Å²) in [6, 6.07) is 11.4. The second-order valence-electron chi connectivity index (χ2n) is 10.6. The van der Waals surface area contributed by atoms with Gasteiger partial charge in [-0.3, -0.25) is 0 Å². The standard InChI is InChI=1S/C23H29N3.C2HF3O2/c1-3-7-19(8-4-1)22-12-17-11-18(13-22)15-23(14-17,16-22)21-25-24-20-9-5-2-6-10-26(20)21;3-2(4,5)1(6)7/h1,3-4,7-8,17-18H,2,5-6,9-16H2;(H,6,7). The molecule has 4 aliphatic carbocycles. The third kappa shape index (κ3) is 4.06. The number of carboxylic acids is 1. The Morgan fingerprint density at radius 2 is 1.61 bits per heavy atom. The Morgan fingerprint density at radius 3 is 2.24 bits per heavy atom. The first-order valence-corrected chi connectivity index (χ1v) is 12.0. The number of hydrogen-bond acceptors (Lipinski definition) is 3. The molecule has 33 heavy (non-hydrogen) atoms. The molecule has 0 amide bonds. The van der Waals surface area contributed by atoms with E-state index < -0.39 is 12.1 Å². The summed E-state index contributed by atoms with van der Waals surface area (Å²) in [6.45, 7) is 1.15. The molecule has 1 aromatic carbocycles. The van der Waals surface area contributed by atoms with E-state index in [4.69, 9.17) is 15.0 Å². The van der Waals surface area contributed by atoms with Crippen molar-refractivity contribution < 1.29 is 23.1 Å². The second kappa shape index (κ2) is 8.13. The van der Waals surface area contributed by atoms with Crippen LogP contribution in [0.15, 0.2) is 30.3 Å². The van der Waals surface area contributed by atoms with Crippen LogP contribution in [-0.4, -0.2) is 32.0 Å². The maximum atomic E-state index is 10.6. The van der Waals surface area contributed by atoms with E-state index in [1.54, 1.807) is 5.56 Å². The summed E-state index contributed by atoms with van der Waals surface area (Å²) in [6.07, 6.45) is 8.23. The zero-order valence-electron chi connectivity index (χ0n) is 18.7. The Bertz CT molecular complexity index is 1000. The summed E-state index contributed by atoms with van der Waals surface area (Å²) in [5, 5.41) is 16.7. The van der Waals surface area contributed by atoms with Crippen LogP contribution in [0, 0.1) is 11.8 Å². The van der Waals surface area contributed by atoms with Gasteiger partial charge in [-0.25, -0.2) is 4.79 Å². The monoisotopic (exact) mass is 461 g/mol. The Labute approximate surface area is 191 Å². The lowest BCUT2D eigenvalue weighted by atomic mass is 9.42. The lowest BCUT2D eigenvalue weighted by molar-refractivity contribution is -0.192. The fourth-order valence-corrected chi connectivity index (χ4v) is 7.53. The van der Waals surface area contributed by atoms with Crippen molar-refractivity contribution in [3.63, 3.8) is 0 Å². The van der Waals surface area contributed by atoms with E-state index >= 15 is 0 Å². The number of rotatable bonds is 2. The predicted molar refractivity (Wildman–Crippen MR) is 116 cm³/mol. The molecule has 4 saturated carbocycles. The van der Waals surface area contributed by atoms with Gasteiger partial charge in [0.25, 0.3) is 0 Å². The highest BCUT2D eigenvalue weighted by molar-refractivity contribution is 5.73. The fourth-order valence-electron chi connectivity index (χ4n) is 7.53. The van der Waals surface area contributed by atoms with Gasteiger partial charge < -0.3 is 9.67 Å². The first-order chi connectivity index (χ1) is 15.7. The smallest absolute Gasteiger partial charge is 0.475 e. The van der Waals surface area contributed by atoms with E-state index in [9.17, 15) is 13.2 Å². The molecule has 1 aromatic heterocycles. The Hall–Kier alpha value is -2.38. The minimum Gasteiger partial charge on any atom is -0.475 e. The summed E-state index contributed by atoms with van der Waals surface area (Å²) < 4.78 is 34.3. The molecule has 0 spiro atoms. The molecule has 2 heterocycles. The molecule has 4 bridgehead atoms. The van der Waals surface area contributed by atoms with Crippen LogP contribution in [-0.2, 0) is 28.6 Å². The predicted octanol–water partition coefficient (Wildman–Crippen LogP) is 5.43. The summed E-state index contributed by atoms with van der Waals surface area (Å²) in [4.78, 5) is 8.90. The summed E-state index contributed by atoms with van der Waals surface area (Å²) in [5.41, 5.74) is 2.27. The zero-order valence-corrected chi connectivity index (χ0v) is 18.7. The number of alkyl halides is 3. The minimum absolute atomic E-state index is 0.287. The molecule has 5 nitrogen and oxygen atoms in total. The van der Waals surface area contributed by atoms with Gasteiger partial charge in [0.15, 0.2) is 0 Å². The van der Waals surface area contributed by atoms with Gasteiger partial charge in [0.2, 0.25) is 0 Å². The van der Waals surface area contributed by atoms with Crippen LogP contribution < -0.4 is 0 Å². The minimum atomic E-state index is -5.08. The molecule has 7 rings (SSSR count). The molecule has 8 heteroatoms. The summed E-state index contributed by atoms with van der Waals surface area (Å²) >= 11 is 0. The van der Waals surface area contributed by atoms with Crippen molar-refractivity contribution in [2.75, 3.05) is 0 Å². The number of aromatic nitrogens is 3. The van der Waals surface area contributed by atoms with Crippen LogP contribution in [0.4, 0.5) is 13.2 Å². The van der Waals surface area contributed by atoms with E-state index in [1.165, 1.54) is 69.4 Å². The number of aryl methyl sites for hydroxylation is 1. The van der Waals surface area contributed by atoms with Crippen LogP contribution in [0.25, 0.3) is 0 Å². The van der Waals surface area contributed by atoms with Crippen molar-refractivity contribution in [3.8, 4) is 0 Å². The molecule has 1 N–H and O–H groups in total. The SMILES string of the molecule is O=C(O)C(F)(F)F.c1ccc(C23CC4CC(C2)CC(c2nnc5n2CCCCC5)(C4)C3)cc1. The molecule has 2 unspecified atom stereocenters. The van der Waals surface area contributed by atoms with Gasteiger partial charge in [0.05, 0.1) is 0 Å². The highest BCUT2D eigenvalue weighted by Gasteiger charge is 2.60. The number of carbonyl (C=O) groups is 1. The third-order valence-electron chi connectivity index (χ3n) is 8.27. The lowest BCUT2D eigenvalue weighted by Gasteiger charge is -2.62. The van der Waals surface area contributed by atoms with Crippen molar-refractivity contribution in [1.29, 1.82) is 0 Å². The molecule has 2 aromatic rings. The number of fused-ring (bicyclic) bond motifs is 1. The van der Waals surface area contributed by atoms with E-state index in [0.717, 1.165) is 24.8 Å². The Morgan fingerprint density at radius 1 is 0.970 bits per heavy atom. The van der Waals surface area contributed by atoms with Crippen molar-refractivity contribution in [2.45, 2.75) is 87.8 Å². The van der Waals surface area contributed by atoms with Crippen LogP contribution >= 0.6 is 0 Å². The highest BCUT2D eigenvalue weighted by atomic mass is 19.4. The highest BCUT2D eigenvalue weighted by Crippen LogP contribution is 2.66. The van der Waals surface area contributed by atoms with Crippen LogP contribution in [0.5, 0.6) is 0 Å². The topological polar surface area (TPSA) is 68.0 Å². The van der Waals surface area contributed by atoms with E-state index in [0.29, 0.717) is 5.41 Å². The van der Waals surface area contributed by atoms with Gasteiger partial charge in [-0.2, -0.15) is 13.2 Å². The quantitative estimate of drug-likeness (QED) is 0.648. The Kier molecular flexibility index (Phi) is 5.52. The van der Waals surface area contributed by atoms with Gasteiger partial charge in [0.1, 0.15) is 11.6 Å². The molecule has 2 atom stereocenters. The Balaban J connectivity index is 0.000000287. The zero-order chi connectivity index (χ0) is 23.3. The molecule has 0 radical (unpaired) electrons. The van der Waals surface area contributed by atoms with Gasteiger partial charge in [-0.15, -0.1) is 10.2 Å². The van der Waals surface area contributed by atoms with Crippen molar-refractivity contribution in [1.82, 2.24) is 14.8 Å². The van der Waals surface area contributed by atoms with Crippen molar-refractivity contribution in [2.24, 2.45) is 11.8 Å². The van der Waals surface area contributed by atoms with E-state index in [1.807, 2.05) is 0 Å². The van der Waals surface area contributed by atoms with Crippen LogP contribution in [0.1, 0.15) is 75.0 Å². The fraction of sp³-hybridized carbons (Fsp3) is 0.640. The summed E-state index contributed by atoms with van der Waals surface area (Å²) in [5.74, 6) is 1.64. The van der Waals surface area contributed by atoms with Crippen molar-refractivity contribution >= 4 is 5.97 Å². The lowest BCUT2D eigenvalue weighted by Crippen LogP contribution is -2.56. The first kappa shape index (κ1) is 22.4. The van der Waals surface area contributed by atoms with E-state index in [2.05, 4.69) is 40.0 Å². The van der Waals surface area contributed by atoms with E-state index in [-0.39, 0.29) is 5.41 Å². The van der Waals surface area contributed by atoms with Gasteiger partial charge in [-0.1, -0.05) is 36.8 Å². The largest absolute Gasteiger partial charge is 0.490 e. The number of hydrogen-bond donors (Lipinski definition) is 1. The second-order valence-corrected chi connectivity index (χ2v) is 10.6. The molecular weight excluding hydrogens is 431 g/mol. The van der Waals surface area contributed by atoms with Crippen molar-refractivity contribution in [3.05, 3.63) is 47.5 Å². The molecule has 4 fully saturated rings. The number of halogens is 3. The maximum Gasteiger partial charge on any atom is 0.490 e. The maximum absolute atomic E-state index is 10.6. The van der Waals surface area contributed by atoms with Crippen LogP contribution in [0.3, 0.4) is 0 Å².